The minimum Gasteiger partial charge on any atom is -0.240 e. The summed E-state index contributed by atoms with van der Waals surface area (Å²) in [6.45, 7) is 0. The monoisotopic (exact) mass is 274 g/mol. The van der Waals surface area contributed by atoms with Crippen LogP contribution in [0.2, 0.25) is 5.02 Å². The van der Waals surface area contributed by atoms with Crippen LogP contribution in [-0.4, -0.2) is 9.78 Å². The summed E-state index contributed by atoms with van der Waals surface area (Å²) < 4.78 is 15.3. The molecule has 2 nitrogen and oxygen atoms in total. The summed E-state index contributed by atoms with van der Waals surface area (Å²) in [6, 6.07) is 4.45. The molecular formula is C9H5BrClFN2. The summed E-state index contributed by atoms with van der Waals surface area (Å²) in [5.41, 5.74) is 0.724. The van der Waals surface area contributed by atoms with Crippen molar-refractivity contribution in [1.29, 1.82) is 0 Å². The second-order valence-corrected chi connectivity index (χ2v) is 4.02. The fraction of sp³-hybridized carbons (Fsp3) is 0. The van der Waals surface area contributed by atoms with E-state index in [0.717, 1.165) is 10.2 Å². The molecule has 0 amide bonds. The van der Waals surface area contributed by atoms with Crippen LogP contribution >= 0.6 is 27.5 Å². The highest BCUT2D eigenvalue weighted by molar-refractivity contribution is 9.10. The lowest BCUT2D eigenvalue weighted by molar-refractivity contribution is 0.627. The zero-order valence-corrected chi connectivity index (χ0v) is 9.26. The quantitative estimate of drug-likeness (QED) is 0.780. The molecule has 0 aliphatic heterocycles. The lowest BCUT2D eigenvalue weighted by atomic mass is 10.3. The van der Waals surface area contributed by atoms with Gasteiger partial charge in [0, 0.05) is 6.20 Å². The first kappa shape index (κ1) is 9.68. The van der Waals surface area contributed by atoms with Gasteiger partial charge < -0.3 is 0 Å². The Balaban J connectivity index is 2.47. The zero-order valence-electron chi connectivity index (χ0n) is 6.92. The Hall–Kier alpha value is -0.870. The highest BCUT2D eigenvalue weighted by Gasteiger charge is 2.03. The van der Waals surface area contributed by atoms with E-state index in [0.29, 0.717) is 0 Å². The Bertz CT molecular complexity index is 470. The zero-order chi connectivity index (χ0) is 10.1. The number of benzene rings is 1. The van der Waals surface area contributed by atoms with Crippen LogP contribution in [0.4, 0.5) is 4.39 Å². The van der Waals surface area contributed by atoms with Crippen LogP contribution in [0.5, 0.6) is 0 Å². The standard InChI is InChI=1S/C9H5BrClFN2/c10-6-4-13-14(5-6)7-1-2-9(12)8(11)3-7/h1-5H. The van der Waals surface area contributed by atoms with Crippen LogP contribution < -0.4 is 0 Å². The number of hydrogen-bond acceptors (Lipinski definition) is 1. The molecule has 14 heavy (non-hydrogen) atoms. The maximum absolute atomic E-state index is 12.8. The molecule has 5 heteroatoms. The van der Waals surface area contributed by atoms with E-state index >= 15 is 0 Å². The van der Waals surface area contributed by atoms with E-state index in [2.05, 4.69) is 21.0 Å². The van der Waals surface area contributed by atoms with Crippen molar-refractivity contribution in [3.05, 3.63) is 45.9 Å². The topological polar surface area (TPSA) is 17.8 Å². The summed E-state index contributed by atoms with van der Waals surface area (Å²) in [5.74, 6) is -0.429. The Kier molecular flexibility index (Phi) is 2.56. The highest BCUT2D eigenvalue weighted by Crippen LogP contribution is 2.19. The molecule has 0 spiro atoms. The molecule has 0 radical (unpaired) electrons. The van der Waals surface area contributed by atoms with Crippen LogP contribution in [0.1, 0.15) is 0 Å². The summed E-state index contributed by atoms with van der Waals surface area (Å²) in [4.78, 5) is 0. The number of rotatable bonds is 1. The van der Waals surface area contributed by atoms with Crippen molar-refractivity contribution < 1.29 is 4.39 Å². The van der Waals surface area contributed by atoms with Crippen LogP contribution in [-0.2, 0) is 0 Å². The van der Waals surface area contributed by atoms with Gasteiger partial charge in [-0.2, -0.15) is 5.10 Å². The molecule has 1 aromatic heterocycles. The van der Waals surface area contributed by atoms with Gasteiger partial charge in [-0.15, -0.1) is 0 Å². The molecule has 0 saturated carbocycles. The highest BCUT2D eigenvalue weighted by atomic mass is 79.9. The van der Waals surface area contributed by atoms with Crippen LogP contribution in [0.15, 0.2) is 35.1 Å². The summed E-state index contributed by atoms with van der Waals surface area (Å²) in [7, 11) is 0. The van der Waals surface area contributed by atoms with Crippen LogP contribution in [0, 0.1) is 5.82 Å². The first-order chi connectivity index (χ1) is 6.66. The van der Waals surface area contributed by atoms with E-state index in [9.17, 15) is 4.39 Å². The largest absolute Gasteiger partial charge is 0.240 e. The third-order valence-corrected chi connectivity index (χ3v) is 2.42. The van der Waals surface area contributed by atoms with Crippen LogP contribution in [0.3, 0.4) is 0 Å². The molecule has 0 atom stereocenters. The van der Waals surface area contributed by atoms with Gasteiger partial charge in [0.25, 0.3) is 0 Å². The van der Waals surface area contributed by atoms with Crippen LogP contribution in [0.25, 0.3) is 5.69 Å². The minimum absolute atomic E-state index is 0.0918. The van der Waals surface area contributed by atoms with E-state index < -0.39 is 5.82 Å². The Morgan fingerprint density at radius 3 is 2.79 bits per heavy atom. The molecule has 0 aliphatic carbocycles. The summed E-state index contributed by atoms with van der Waals surface area (Å²) in [5, 5.41) is 4.14. The van der Waals surface area contributed by atoms with Gasteiger partial charge in [-0.25, -0.2) is 9.07 Å². The van der Waals surface area contributed by atoms with Gasteiger partial charge >= 0.3 is 0 Å². The summed E-state index contributed by atoms with van der Waals surface area (Å²) in [6.07, 6.45) is 3.42. The molecule has 2 aromatic rings. The Labute approximate surface area is 93.4 Å². The number of halogens is 3. The van der Waals surface area contributed by atoms with Gasteiger partial charge in [0.2, 0.25) is 0 Å². The lowest BCUT2D eigenvalue weighted by Crippen LogP contribution is -1.94. The lowest BCUT2D eigenvalue weighted by Gasteiger charge is -2.01. The van der Waals surface area contributed by atoms with Gasteiger partial charge in [0.15, 0.2) is 0 Å². The van der Waals surface area contributed by atoms with Gasteiger partial charge in [-0.05, 0) is 34.1 Å². The maximum atomic E-state index is 12.8. The molecule has 72 valence electrons. The maximum Gasteiger partial charge on any atom is 0.141 e. The molecule has 0 unspecified atom stereocenters. The molecular weight excluding hydrogens is 270 g/mol. The van der Waals surface area contributed by atoms with E-state index in [4.69, 9.17) is 11.6 Å². The number of aromatic nitrogens is 2. The molecule has 0 aliphatic rings. The van der Waals surface area contributed by atoms with Gasteiger partial charge in [0.1, 0.15) is 5.82 Å². The molecule has 0 fully saturated rings. The Morgan fingerprint density at radius 1 is 1.43 bits per heavy atom. The minimum atomic E-state index is -0.429. The fourth-order valence-electron chi connectivity index (χ4n) is 1.07. The van der Waals surface area contributed by atoms with Crippen molar-refractivity contribution in [1.82, 2.24) is 9.78 Å². The van der Waals surface area contributed by atoms with E-state index in [-0.39, 0.29) is 5.02 Å². The Morgan fingerprint density at radius 2 is 2.21 bits per heavy atom. The predicted octanol–water partition coefficient (Wildman–Crippen LogP) is 3.43. The molecule has 1 heterocycles. The number of hydrogen-bond donors (Lipinski definition) is 0. The van der Waals surface area contributed by atoms with E-state index in [1.807, 2.05) is 0 Å². The summed E-state index contributed by atoms with van der Waals surface area (Å²) >= 11 is 8.91. The average molecular weight is 276 g/mol. The third-order valence-electron chi connectivity index (χ3n) is 1.72. The average Bonchev–Trinajstić information content (AvgIpc) is 2.57. The molecule has 0 saturated heterocycles. The van der Waals surface area contributed by atoms with Gasteiger partial charge in [-0.1, -0.05) is 11.6 Å². The molecule has 2 rings (SSSR count). The van der Waals surface area contributed by atoms with Crippen molar-refractivity contribution in [3.8, 4) is 5.69 Å². The fourth-order valence-corrected chi connectivity index (χ4v) is 1.53. The molecule has 0 N–H and O–H groups in total. The second-order valence-electron chi connectivity index (χ2n) is 2.70. The van der Waals surface area contributed by atoms with Crippen molar-refractivity contribution in [2.75, 3.05) is 0 Å². The van der Waals surface area contributed by atoms with Crippen molar-refractivity contribution >= 4 is 27.5 Å². The van der Waals surface area contributed by atoms with E-state index in [1.165, 1.54) is 12.1 Å². The van der Waals surface area contributed by atoms with E-state index in [1.54, 1.807) is 23.1 Å². The van der Waals surface area contributed by atoms with Gasteiger partial charge in [0.05, 0.1) is 21.4 Å². The second kappa shape index (κ2) is 3.71. The van der Waals surface area contributed by atoms with Gasteiger partial charge in [-0.3, -0.25) is 0 Å². The normalized spacial score (nSPS) is 10.5. The predicted molar refractivity (Wildman–Crippen MR) is 56.2 cm³/mol. The SMILES string of the molecule is Fc1ccc(-n2cc(Br)cn2)cc1Cl. The van der Waals surface area contributed by atoms with Crippen molar-refractivity contribution in [2.24, 2.45) is 0 Å². The molecule has 1 aromatic carbocycles. The first-order valence-corrected chi connectivity index (χ1v) is 4.99. The molecule has 0 bridgehead atoms. The number of nitrogens with zero attached hydrogens (tertiary/aromatic N) is 2. The first-order valence-electron chi connectivity index (χ1n) is 3.82. The smallest absolute Gasteiger partial charge is 0.141 e. The third kappa shape index (κ3) is 1.81. The van der Waals surface area contributed by atoms with Crippen molar-refractivity contribution in [3.63, 3.8) is 0 Å². The van der Waals surface area contributed by atoms with Crippen molar-refractivity contribution in [2.45, 2.75) is 0 Å².